The number of nitrogens with one attached hydrogen (secondary N) is 2. The van der Waals surface area contributed by atoms with E-state index in [1.807, 2.05) is 27.7 Å². The van der Waals surface area contributed by atoms with Crippen LogP contribution in [0.5, 0.6) is 0 Å². The van der Waals surface area contributed by atoms with Gasteiger partial charge in [-0.15, -0.1) is 0 Å². The molecule has 0 saturated heterocycles. The van der Waals surface area contributed by atoms with E-state index in [0.29, 0.717) is 19.8 Å². The molecule has 17 heavy (non-hydrogen) atoms. The van der Waals surface area contributed by atoms with Crippen LogP contribution in [-0.4, -0.2) is 46.5 Å². The van der Waals surface area contributed by atoms with E-state index >= 15 is 0 Å². The lowest BCUT2D eigenvalue weighted by atomic mass is 10.1. The predicted octanol–water partition coefficient (Wildman–Crippen LogP) is 0.576. The molecule has 0 aromatic rings. The first kappa shape index (κ1) is 16.8. The Hall–Kier alpha value is -0.170. The van der Waals surface area contributed by atoms with E-state index in [9.17, 15) is 8.42 Å². The molecule has 0 heterocycles. The maximum Gasteiger partial charge on any atom is 0.213 e. The fourth-order valence-electron chi connectivity index (χ4n) is 1.28. The van der Waals surface area contributed by atoms with E-state index in [1.54, 1.807) is 0 Å². The zero-order chi connectivity index (χ0) is 13.3. The summed E-state index contributed by atoms with van der Waals surface area (Å²) in [6.07, 6.45) is 0. The highest BCUT2D eigenvalue weighted by atomic mass is 32.2. The van der Waals surface area contributed by atoms with Crippen molar-refractivity contribution in [1.82, 2.24) is 10.0 Å². The summed E-state index contributed by atoms with van der Waals surface area (Å²) in [6, 6.07) is -0.151. The second kappa shape index (κ2) is 8.85. The lowest BCUT2D eigenvalue weighted by Gasteiger charge is -2.22. The molecule has 0 aliphatic carbocycles. The van der Waals surface area contributed by atoms with Gasteiger partial charge in [-0.25, -0.2) is 13.1 Å². The standard InChI is InChI=1S/C11H26N2O3S/c1-5-12-7-8-17(14,15)13-11(10(3)4)9-16-6-2/h10-13H,5-9H2,1-4H3. The Bertz CT molecular complexity index is 278. The number of sulfonamides is 1. The quantitative estimate of drug-likeness (QED) is 0.568. The Morgan fingerprint density at radius 2 is 1.88 bits per heavy atom. The average molecular weight is 266 g/mol. The minimum atomic E-state index is -3.22. The largest absolute Gasteiger partial charge is 0.380 e. The van der Waals surface area contributed by atoms with Gasteiger partial charge in [-0.3, -0.25) is 0 Å². The summed E-state index contributed by atoms with van der Waals surface area (Å²) in [6.45, 7) is 10.1. The fraction of sp³-hybridized carbons (Fsp3) is 1.00. The Morgan fingerprint density at radius 3 is 2.35 bits per heavy atom. The summed E-state index contributed by atoms with van der Waals surface area (Å²) in [5.41, 5.74) is 0. The molecule has 0 spiro atoms. The third-order valence-corrected chi connectivity index (χ3v) is 3.84. The maximum atomic E-state index is 11.8. The highest BCUT2D eigenvalue weighted by Gasteiger charge is 2.20. The lowest BCUT2D eigenvalue weighted by molar-refractivity contribution is 0.116. The first-order valence-corrected chi connectivity index (χ1v) is 7.86. The van der Waals surface area contributed by atoms with E-state index in [1.165, 1.54) is 0 Å². The topological polar surface area (TPSA) is 67.4 Å². The first-order chi connectivity index (χ1) is 7.93. The average Bonchev–Trinajstić information content (AvgIpc) is 2.24. The van der Waals surface area contributed by atoms with Crippen LogP contribution in [0.2, 0.25) is 0 Å². The van der Waals surface area contributed by atoms with Crippen LogP contribution in [0.1, 0.15) is 27.7 Å². The van der Waals surface area contributed by atoms with Gasteiger partial charge in [0.2, 0.25) is 10.0 Å². The molecule has 0 bridgehead atoms. The molecule has 0 amide bonds. The van der Waals surface area contributed by atoms with Crippen LogP contribution < -0.4 is 10.0 Å². The van der Waals surface area contributed by atoms with Gasteiger partial charge in [0, 0.05) is 19.2 Å². The summed E-state index contributed by atoms with van der Waals surface area (Å²) >= 11 is 0. The zero-order valence-electron chi connectivity index (χ0n) is 11.3. The van der Waals surface area contributed by atoms with Gasteiger partial charge in [0.25, 0.3) is 0 Å². The van der Waals surface area contributed by atoms with E-state index in [2.05, 4.69) is 10.0 Å². The number of hydrogen-bond acceptors (Lipinski definition) is 4. The summed E-state index contributed by atoms with van der Waals surface area (Å²) in [7, 11) is -3.22. The molecule has 0 aliphatic rings. The molecule has 0 aromatic heterocycles. The summed E-state index contributed by atoms with van der Waals surface area (Å²) in [4.78, 5) is 0. The minimum absolute atomic E-state index is 0.107. The molecule has 0 rings (SSSR count). The molecule has 0 aromatic carbocycles. The van der Waals surface area contributed by atoms with E-state index in [-0.39, 0.29) is 17.7 Å². The molecule has 0 radical (unpaired) electrons. The van der Waals surface area contributed by atoms with E-state index < -0.39 is 10.0 Å². The molecule has 6 heteroatoms. The van der Waals surface area contributed by atoms with Crippen molar-refractivity contribution in [3.8, 4) is 0 Å². The van der Waals surface area contributed by atoms with Gasteiger partial charge in [-0.05, 0) is 19.4 Å². The van der Waals surface area contributed by atoms with Crippen molar-refractivity contribution >= 4 is 10.0 Å². The highest BCUT2D eigenvalue weighted by Crippen LogP contribution is 2.04. The van der Waals surface area contributed by atoms with Crippen molar-refractivity contribution in [2.75, 3.05) is 32.1 Å². The van der Waals surface area contributed by atoms with Gasteiger partial charge in [0.05, 0.1) is 12.4 Å². The number of ether oxygens (including phenoxy) is 1. The summed E-state index contributed by atoms with van der Waals surface area (Å²) in [5, 5.41) is 3.00. The molecule has 0 saturated carbocycles. The second-order valence-corrected chi connectivity index (χ2v) is 6.17. The Kier molecular flexibility index (Phi) is 8.77. The van der Waals surface area contributed by atoms with Crippen LogP contribution in [0.15, 0.2) is 0 Å². The minimum Gasteiger partial charge on any atom is -0.380 e. The van der Waals surface area contributed by atoms with Crippen LogP contribution in [0.3, 0.4) is 0 Å². The monoisotopic (exact) mass is 266 g/mol. The fourth-order valence-corrected chi connectivity index (χ4v) is 2.61. The third kappa shape index (κ3) is 8.54. The molecular weight excluding hydrogens is 240 g/mol. The number of rotatable bonds is 10. The van der Waals surface area contributed by atoms with Crippen molar-refractivity contribution in [2.45, 2.75) is 33.7 Å². The predicted molar refractivity (Wildman–Crippen MR) is 70.6 cm³/mol. The molecule has 1 atom stereocenters. The smallest absolute Gasteiger partial charge is 0.213 e. The maximum absolute atomic E-state index is 11.8. The van der Waals surface area contributed by atoms with Gasteiger partial charge in [0.1, 0.15) is 0 Å². The van der Waals surface area contributed by atoms with Crippen LogP contribution >= 0.6 is 0 Å². The van der Waals surface area contributed by atoms with Crippen LogP contribution in [0.4, 0.5) is 0 Å². The van der Waals surface area contributed by atoms with Gasteiger partial charge in [0.15, 0.2) is 0 Å². The molecule has 5 nitrogen and oxygen atoms in total. The Labute approximate surface area is 105 Å². The third-order valence-electron chi connectivity index (χ3n) is 2.43. The molecule has 2 N–H and O–H groups in total. The normalized spacial score (nSPS) is 14.2. The SMILES string of the molecule is CCNCCS(=O)(=O)NC(COCC)C(C)C. The molecule has 0 aliphatic heterocycles. The van der Waals surface area contributed by atoms with Crippen molar-refractivity contribution in [3.05, 3.63) is 0 Å². The molecule has 0 fully saturated rings. The van der Waals surface area contributed by atoms with Crippen molar-refractivity contribution in [2.24, 2.45) is 5.92 Å². The zero-order valence-corrected chi connectivity index (χ0v) is 12.1. The molecule has 104 valence electrons. The Balaban J connectivity index is 4.22. The van der Waals surface area contributed by atoms with Gasteiger partial charge >= 0.3 is 0 Å². The van der Waals surface area contributed by atoms with Crippen LogP contribution in [0, 0.1) is 5.92 Å². The van der Waals surface area contributed by atoms with E-state index in [0.717, 1.165) is 6.54 Å². The van der Waals surface area contributed by atoms with E-state index in [4.69, 9.17) is 4.74 Å². The van der Waals surface area contributed by atoms with Gasteiger partial charge in [-0.1, -0.05) is 20.8 Å². The van der Waals surface area contributed by atoms with Gasteiger partial charge < -0.3 is 10.1 Å². The van der Waals surface area contributed by atoms with Gasteiger partial charge in [-0.2, -0.15) is 0 Å². The highest BCUT2D eigenvalue weighted by molar-refractivity contribution is 7.89. The summed E-state index contributed by atoms with van der Waals surface area (Å²) < 4.78 is 31.5. The summed E-state index contributed by atoms with van der Waals surface area (Å²) in [5.74, 6) is 0.325. The Morgan fingerprint density at radius 1 is 1.24 bits per heavy atom. The molecular formula is C11H26N2O3S. The van der Waals surface area contributed by atoms with Crippen molar-refractivity contribution in [1.29, 1.82) is 0 Å². The first-order valence-electron chi connectivity index (χ1n) is 6.21. The lowest BCUT2D eigenvalue weighted by Crippen LogP contribution is -2.44. The second-order valence-electron chi connectivity index (χ2n) is 4.30. The van der Waals surface area contributed by atoms with Crippen molar-refractivity contribution in [3.63, 3.8) is 0 Å². The van der Waals surface area contributed by atoms with Crippen molar-refractivity contribution < 1.29 is 13.2 Å². The van der Waals surface area contributed by atoms with Crippen LogP contribution in [0.25, 0.3) is 0 Å². The van der Waals surface area contributed by atoms with Crippen LogP contribution in [-0.2, 0) is 14.8 Å². The molecule has 1 unspecified atom stereocenters. The number of hydrogen-bond donors (Lipinski definition) is 2.